The molecule has 0 radical (unpaired) electrons. The van der Waals surface area contributed by atoms with Gasteiger partial charge in [0.05, 0.1) is 5.56 Å². The molecule has 0 unspecified atom stereocenters. The first kappa shape index (κ1) is 7.61. The summed E-state index contributed by atoms with van der Waals surface area (Å²) in [4.78, 5) is 15.2. The number of carbonyl (C=O) groups excluding carboxylic acids is 1. The number of aryl methyl sites for hydroxylation is 1. The van der Waals surface area contributed by atoms with Gasteiger partial charge >= 0.3 is 0 Å². The van der Waals surface area contributed by atoms with Crippen LogP contribution in [0.25, 0.3) is 0 Å². The van der Waals surface area contributed by atoms with E-state index >= 15 is 0 Å². The van der Waals surface area contributed by atoms with Crippen LogP contribution in [0, 0.1) is 0 Å². The molecule has 0 atom stereocenters. The van der Waals surface area contributed by atoms with Crippen LogP contribution in [0.2, 0.25) is 0 Å². The van der Waals surface area contributed by atoms with Crippen LogP contribution in [-0.2, 0) is 6.42 Å². The van der Waals surface area contributed by atoms with E-state index in [0.717, 1.165) is 17.7 Å². The summed E-state index contributed by atoms with van der Waals surface area (Å²) in [7, 11) is 0. The second kappa shape index (κ2) is 2.79. The minimum Gasteiger partial charge on any atom is -0.383 e. The van der Waals surface area contributed by atoms with Gasteiger partial charge in [-0.3, -0.25) is 4.79 Å². The Balaban J connectivity index is 2.60. The van der Waals surface area contributed by atoms with E-state index in [1.807, 2.05) is 6.07 Å². The van der Waals surface area contributed by atoms with E-state index in [2.05, 4.69) is 4.98 Å². The van der Waals surface area contributed by atoms with Gasteiger partial charge in [-0.2, -0.15) is 0 Å². The number of carbonyl (C=O) groups is 1. The topological polar surface area (TPSA) is 56.0 Å². The molecule has 0 saturated carbocycles. The van der Waals surface area contributed by atoms with Crippen molar-refractivity contribution in [3.8, 4) is 0 Å². The fraction of sp³-hybridized carbons (Fsp3) is 0.250. The highest BCUT2D eigenvalue weighted by Gasteiger charge is 2.20. The molecule has 0 bridgehead atoms. The molecule has 1 aliphatic heterocycles. The molecule has 62 valence electrons. The average Bonchev–Trinajstić information content (AvgIpc) is 2.04. The zero-order valence-corrected chi connectivity index (χ0v) is 7.23. The van der Waals surface area contributed by atoms with E-state index in [-0.39, 0.29) is 5.12 Å². The Hall–Kier alpha value is -1.03. The molecule has 0 spiro atoms. The van der Waals surface area contributed by atoms with Gasteiger partial charge < -0.3 is 5.73 Å². The van der Waals surface area contributed by atoms with Crippen molar-refractivity contribution in [3.05, 3.63) is 23.4 Å². The monoisotopic (exact) mass is 180 g/mol. The van der Waals surface area contributed by atoms with E-state index in [1.54, 1.807) is 6.20 Å². The number of fused-ring (bicyclic) bond motifs is 1. The first-order valence-electron chi connectivity index (χ1n) is 3.69. The van der Waals surface area contributed by atoms with E-state index in [1.165, 1.54) is 11.8 Å². The molecule has 0 saturated heterocycles. The zero-order valence-electron chi connectivity index (χ0n) is 6.41. The van der Waals surface area contributed by atoms with E-state index in [4.69, 9.17) is 5.73 Å². The van der Waals surface area contributed by atoms with Gasteiger partial charge in [-0.15, -0.1) is 0 Å². The molecule has 2 rings (SSSR count). The Morgan fingerprint density at radius 2 is 2.42 bits per heavy atom. The average molecular weight is 180 g/mol. The van der Waals surface area contributed by atoms with Crippen molar-refractivity contribution < 1.29 is 4.79 Å². The maximum atomic E-state index is 11.3. The molecule has 3 nitrogen and oxygen atoms in total. The number of nitrogens with zero attached hydrogens (tertiary/aromatic N) is 1. The highest BCUT2D eigenvalue weighted by atomic mass is 32.2. The molecule has 1 aromatic rings. The van der Waals surface area contributed by atoms with E-state index in [9.17, 15) is 4.79 Å². The van der Waals surface area contributed by atoms with Crippen LogP contribution in [0.3, 0.4) is 0 Å². The van der Waals surface area contributed by atoms with Crippen LogP contribution < -0.4 is 5.73 Å². The predicted molar refractivity (Wildman–Crippen MR) is 49.1 cm³/mol. The van der Waals surface area contributed by atoms with Gasteiger partial charge in [0.15, 0.2) is 0 Å². The molecular formula is C8H8N2OS. The molecule has 12 heavy (non-hydrogen) atoms. The van der Waals surface area contributed by atoms with Gasteiger partial charge in [0.2, 0.25) is 5.12 Å². The third kappa shape index (κ3) is 1.08. The zero-order chi connectivity index (χ0) is 8.55. The summed E-state index contributed by atoms with van der Waals surface area (Å²) in [6.45, 7) is 0. The summed E-state index contributed by atoms with van der Waals surface area (Å²) in [6, 6.07) is 1.86. The lowest BCUT2D eigenvalue weighted by Gasteiger charge is -2.14. The third-order valence-electron chi connectivity index (χ3n) is 1.88. The Morgan fingerprint density at radius 1 is 1.58 bits per heavy atom. The summed E-state index contributed by atoms with van der Waals surface area (Å²) in [5, 5.41) is 0.0573. The molecule has 0 aliphatic carbocycles. The SMILES string of the molecule is Nc1nccc2c1C(=O)SCC2. The van der Waals surface area contributed by atoms with Crippen LogP contribution in [0.4, 0.5) is 5.82 Å². The fourth-order valence-corrected chi connectivity index (χ4v) is 2.18. The first-order chi connectivity index (χ1) is 5.79. The molecule has 4 heteroatoms. The minimum atomic E-state index is 0.0573. The van der Waals surface area contributed by atoms with Gasteiger partial charge in [0, 0.05) is 11.9 Å². The molecule has 1 aromatic heterocycles. The number of pyridine rings is 1. The Bertz CT molecular complexity index is 338. The van der Waals surface area contributed by atoms with E-state index < -0.39 is 0 Å². The molecule has 0 amide bonds. The van der Waals surface area contributed by atoms with Crippen molar-refractivity contribution in [2.45, 2.75) is 6.42 Å². The second-order valence-corrected chi connectivity index (χ2v) is 3.68. The number of nitrogen functional groups attached to an aromatic ring is 1. The highest BCUT2D eigenvalue weighted by Crippen LogP contribution is 2.27. The number of aromatic nitrogens is 1. The Labute approximate surface area is 74.4 Å². The molecule has 2 N–H and O–H groups in total. The van der Waals surface area contributed by atoms with Crippen molar-refractivity contribution in [2.75, 3.05) is 11.5 Å². The van der Waals surface area contributed by atoms with Crippen molar-refractivity contribution in [2.24, 2.45) is 0 Å². The fourth-order valence-electron chi connectivity index (χ4n) is 1.29. The van der Waals surface area contributed by atoms with Crippen molar-refractivity contribution in [3.63, 3.8) is 0 Å². The van der Waals surface area contributed by atoms with Crippen molar-refractivity contribution >= 4 is 22.7 Å². The molecule has 0 fully saturated rings. The van der Waals surface area contributed by atoms with Crippen LogP contribution in [-0.4, -0.2) is 15.9 Å². The van der Waals surface area contributed by atoms with E-state index in [0.29, 0.717) is 11.4 Å². The quantitative estimate of drug-likeness (QED) is 0.649. The van der Waals surface area contributed by atoms with Gasteiger partial charge in [-0.1, -0.05) is 11.8 Å². The smallest absolute Gasteiger partial charge is 0.223 e. The maximum Gasteiger partial charge on any atom is 0.223 e. The van der Waals surface area contributed by atoms with Crippen molar-refractivity contribution in [1.82, 2.24) is 4.98 Å². The number of nitrogens with two attached hydrogens (primary N) is 1. The molecule has 1 aliphatic rings. The summed E-state index contributed by atoms with van der Waals surface area (Å²) in [5.74, 6) is 1.22. The molecule has 2 heterocycles. The lowest BCUT2D eigenvalue weighted by atomic mass is 10.1. The number of anilines is 1. The standard InChI is InChI=1S/C8H8N2OS/c9-7-6-5(1-3-10-7)2-4-12-8(6)11/h1,3H,2,4H2,(H2,9,10). The normalized spacial score (nSPS) is 15.8. The van der Waals surface area contributed by atoms with Crippen LogP contribution >= 0.6 is 11.8 Å². The van der Waals surface area contributed by atoms with Gasteiger partial charge in [-0.25, -0.2) is 4.98 Å². The number of hydrogen-bond acceptors (Lipinski definition) is 4. The maximum absolute atomic E-state index is 11.3. The third-order valence-corrected chi connectivity index (χ3v) is 2.75. The van der Waals surface area contributed by atoms with Crippen LogP contribution in [0.15, 0.2) is 12.3 Å². The van der Waals surface area contributed by atoms with Crippen molar-refractivity contribution in [1.29, 1.82) is 0 Å². The Kier molecular flexibility index (Phi) is 1.77. The lowest BCUT2D eigenvalue weighted by Crippen LogP contribution is -2.12. The Morgan fingerprint density at radius 3 is 3.17 bits per heavy atom. The summed E-state index contributed by atoms with van der Waals surface area (Å²) in [5.41, 5.74) is 7.24. The number of hydrogen-bond donors (Lipinski definition) is 1. The summed E-state index contributed by atoms with van der Waals surface area (Å²) >= 11 is 1.32. The lowest BCUT2D eigenvalue weighted by molar-refractivity contribution is 0.108. The second-order valence-electron chi connectivity index (χ2n) is 2.62. The molecular weight excluding hydrogens is 172 g/mol. The van der Waals surface area contributed by atoms with Crippen LogP contribution in [0.1, 0.15) is 15.9 Å². The first-order valence-corrected chi connectivity index (χ1v) is 4.68. The van der Waals surface area contributed by atoms with Gasteiger partial charge in [0.25, 0.3) is 0 Å². The molecule has 0 aromatic carbocycles. The number of rotatable bonds is 0. The highest BCUT2D eigenvalue weighted by molar-refractivity contribution is 8.14. The summed E-state index contributed by atoms with van der Waals surface area (Å²) < 4.78 is 0. The van der Waals surface area contributed by atoms with Gasteiger partial charge in [0.1, 0.15) is 5.82 Å². The number of thioether (sulfide) groups is 1. The van der Waals surface area contributed by atoms with Crippen LogP contribution in [0.5, 0.6) is 0 Å². The predicted octanol–water partition coefficient (Wildman–Crippen LogP) is 1.09. The van der Waals surface area contributed by atoms with Gasteiger partial charge in [-0.05, 0) is 18.1 Å². The minimum absolute atomic E-state index is 0.0573. The summed E-state index contributed by atoms with van der Waals surface area (Å²) in [6.07, 6.45) is 2.57. The largest absolute Gasteiger partial charge is 0.383 e.